The summed E-state index contributed by atoms with van der Waals surface area (Å²) in [6.07, 6.45) is 11.0. The van der Waals surface area contributed by atoms with Crippen LogP contribution in [0.15, 0.2) is 17.9 Å². The number of ether oxygens (including phenoxy) is 1. The number of hydrogen-bond donors (Lipinski definition) is 1. The molecule has 0 amide bonds. The van der Waals surface area contributed by atoms with E-state index < -0.39 is 0 Å². The minimum Gasteiger partial charge on any atom is -0.501 e. The molecule has 0 saturated carbocycles. The molecule has 0 radical (unpaired) electrons. The summed E-state index contributed by atoms with van der Waals surface area (Å²) >= 11 is 2.03. The summed E-state index contributed by atoms with van der Waals surface area (Å²) in [7, 11) is 0. The fourth-order valence-electron chi connectivity index (χ4n) is 3.25. The molecule has 0 bridgehead atoms. The van der Waals surface area contributed by atoms with Gasteiger partial charge < -0.3 is 10.1 Å². The summed E-state index contributed by atoms with van der Waals surface area (Å²) < 4.78 is 5.56. The number of nitrogens with one attached hydrogen (secondary N) is 1. The van der Waals surface area contributed by atoms with E-state index >= 15 is 0 Å². The summed E-state index contributed by atoms with van der Waals surface area (Å²) in [5, 5.41) is 3.66. The number of likely N-dealkylation sites (N-methyl/N-ethyl adjacent to an activating group) is 1. The van der Waals surface area contributed by atoms with Gasteiger partial charge in [-0.25, -0.2) is 0 Å². The quantitative estimate of drug-likeness (QED) is 0.832. The lowest BCUT2D eigenvalue weighted by Crippen LogP contribution is -2.23. The van der Waals surface area contributed by atoms with Crippen molar-refractivity contribution in [1.29, 1.82) is 0 Å². The topological polar surface area (TPSA) is 21.3 Å². The molecule has 20 heavy (non-hydrogen) atoms. The third-order valence-electron chi connectivity index (χ3n) is 4.29. The minimum absolute atomic E-state index is 0.372. The molecule has 0 aromatic carbocycles. The average Bonchev–Trinajstić information content (AvgIpc) is 2.76. The number of aryl methyl sites for hydroxylation is 2. The van der Waals surface area contributed by atoms with E-state index in [1.165, 1.54) is 49.0 Å². The lowest BCUT2D eigenvalue weighted by atomic mass is 9.99. The smallest absolute Gasteiger partial charge is 0.0876 e. The molecule has 0 saturated heterocycles. The first kappa shape index (κ1) is 14.2. The fraction of sp³-hybridized carbons (Fsp3) is 0.647. The summed E-state index contributed by atoms with van der Waals surface area (Å²) in [5.74, 6) is 0. The van der Waals surface area contributed by atoms with Crippen LogP contribution in [-0.2, 0) is 17.6 Å². The van der Waals surface area contributed by atoms with Crippen LogP contribution in [0, 0.1) is 0 Å². The number of hydrogen-bond acceptors (Lipinski definition) is 3. The van der Waals surface area contributed by atoms with Gasteiger partial charge in [0.2, 0.25) is 0 Å². The van der Waals surface area contributed by atoms with Crippen molar-refractivity contribution in [2.45, 2.75) is 57.9 Å². The number of rotatable bonds is 4. The lowest BCUT2D eigenvalue weighted by molar-refractivity contribution is 0.219. The van der Waals surface area contributed by atoms with E-state index in [0.29, 0.717) is 6.04 Å². The molecule has 0 spiro atoms. The zero-order valence-electron chi connectivity index (χ0n) is 12.4. The second-order valence-corrected chi connectivity index (χ2v) is 6.98. The van der Waals surface area contributed by atoms with Gasteiger partial charge in [-0.15, -0.1) is 11.3 Å². The van der Waals surface area contributed by atoms with Crippen LogP contribution in [-0.4, -0.2) is 13.2 Å². The van der Waals surface area contributed by atoms with Crippen molar-refractivity contribution in [3.63, 3.8) is 0 Å². The van der Waals surface area contributed by atoms with E-state index in [4.69, 9.17) is 4.74 Å². The SMILES string of the molecule is CCNC(C1=COCCC1)c1cc2c(s1)CCCCC2. The first-order valence-corrected chi connectivity index (χ1v) is 8.85. The van der Waals surface area contributed by atoms with E-state index in [9.17, 15) is 0 Å². The molecule has 1 aromatic rings. The summed E-state index contributed by atoms with van der Waals surface area (Å²) in [6.45, 7) is 4.07. The first-order valence-electron chi connectivity index (χ1n) is 8.04. The van der Waals surface area contributed by atoms with E-state index in [0.717, 1.165) is 19.6 Å². The molecule has 1 aliphatic heterocycles. The summed E-state index contributed by atoms with van der Waals surface area (Å²) in [6, 6.07) is 2.84. The highest BCUT2D eigenvalue weighted by Crippen LogP contribution is 2.36. The average molecular weight is 291 g/mol. The Morgan fingerprint density at radius 1 is 1.20 bits per heavy atom. The van der Waals surface area contributed by atoms with E-state index in [-0.39, 0.29) is 0 Å². The van der Waals surface area contributed by atoms with Crippen molar-refractivity contribution in [2.75, 3.05) is 13.2 Å². The molecule has 1 unspecified atom stereocenters. The molecule has 1 N–H and O–H groups in total. The molecule has 3 rings (SSSR count). The fourth-order valence-corrected chi connectivity index (χ4v) is 4.62. The van der Waals surface area contributed by atoms with Gasteiger partial charge in [-0.3, -0.25) is 0 Å². The molecule has 0 fully saturated rings. The van der Waals surface area contributed by atoms with E-state index in [2.05, 4.69) is 18.3 Å². The zero-order valence-corrected chi connectivity index (χ0v) is 13.2. The van der Waals surface area contributed by atoms with Crippen molar-refractivity contribution in [3.8, 4) is 0 Å². The van der Waals surface area contributed by atoms with Crippen molar-refractivity contribution >= 4 is 11.3 Å². The highest BCUT2D eigenvalue weighted by Gasteiger charge is 2.22. The van der Waals surface area contributed by atoms with Crippen LogP contribution in [0.2, 0.25) is 0 Å². The molecular formula is C17H25NOS. The Balaban J connectivity index is 1.85. The monoisotopic (exact) mass is 291 g/mol. The van der Waals surface area contributed by atoms with Gasteiger partial charge in [-0.1, -0.05) is 13.3 Å². The van der Waals surface area contributed by atoms with Crippen LogP contribution in [0.1, 0.15) is 60.4 Å². The van der Waals surface area contributed by atoms with Gasteiger partial charge in [0.1, 0.15) is 0 Å². The third kappa shape index (κ3) is 3.09. The number of thiophene rings is 1. The largest absolute Gasteiger partial charge is 0.501 e. The molecule has 3 heteroatoms. The van der Waals surface area contributed by atoms with Crippen molar-refractivity contribution in [1.82, 2.24) is 5.32 Å². The van der Waals surface area contributed by atoms with Crippen molar-refractivity contribution < 1.29 is 4.74 Å². The van der Waals surface area contributed by atoms with Gasteiger partial charge >= 0.3 is 0 Å². The van der Waals surface area contributed by atoms with Crippen LogP contribution < -0.4 is 5.32 Å². The predicted molar refractivity (Wildman–Crippen MR) is 85.3 cm³/mol. The Morgan fingerprint density at radius 3 is 2.90 bits per heavy atom. The maximum atomic E-state index is 5.56. The van der Waals surface area contributed by atoms with Gasteiger partial charge in [-0.2, -0.15) is 0 Å². The van der Waals surface area contributed by atoms with Gasteiger partial charge in [0.05, 0.1) is 18.9 Å². The Bertz CT molecular complexity index is 454. The van der Waals surface area contributed by atoms with Gasteiger partial charge in [0.25, 0.3) is 0 Å². The number of fused-ring (bicyclic) bond motifs is 1. The van der Waals surface area contributed by atoms with Gasteiger partial charge in [0.15, 0.2) is 0 Å². The molecular weight excluding hydrogens is 266 g/mol. The molecule has 1 aliphatic carbocycles. The molecule has 2 aliphatic rings. The Labute approximate surface area is 126 Å². The predicted octanol–water partition coefficient (Wildman–Crippen LogP) is 4.36. The molecule has 1 atom stereocenters. The van der Waals surface area contributed by atoms with Crippen LogP contribution in [0.3, 0.4) is 0 Å². The van der Waals surface area contributed by atoms with Crippen molar-refractivity contribution in [3.05, 3.63) is 33.2 Å². The standard InChI is InChI=1S/C17H25NOS/c1-2-18-17(14-8-6-10-19-12-14)16-11-13-7-4-3-5-9-15(13)20-16/h11-12,17-18H,2-10H2,1H3. The Hall–Kier alpha value is -0.800. The van der Waals surface area contributed by atoms with Gasteiger partial charge in [-0.05, 0) is 62.3 Å². The van der Waals surface area contributed by atoms with Gasteiger partial charge in [0, 0.05) is 9.75 Å². The summed E-state index contributed by atoms with van der Waals surface area (Å²) in [4.78, 5) is 3.13. The van der Waals surface area contributed by atoms with Crippen LogP contribution in [0.5, 0.6) is 0 Å². The molecule has 1 aromatic heterocycles. The second-order valence-electron chi connectivity index (χ2n) is 5.82. The highest BCUT2D eigenvalue weighted by molar-refractivity contribution is 7.12. The maximum Gasteiger partial charge on any atom is 0.0876 e. The lowest BCUT2D eigenvalue weighted by Gasteiger charge is -2.23. The first-order chi connectivity index (χ1) is 9.88. The van der Waals surface area contributed by atoms with Crippen LogP contribution in [0.25, 0.3) is 0 Å². The highest BCUT2D eigenvalue weighted by atomic mass is 32.1. The summed E-state index contributed by atoms with van der Waals surface area (Å²) in [5.41, 5.74) is 3.04. The Kier molecular flexibility index (Phi) is 4.79. The van der Waals surface area contributed by atoms with Crippen LogP contribution in [0.4, 0.5) is 0 Å². The van der Waals surface area contributed by atoms with Crippen LogP contribution >= 0.6 is 11.3 Å². The molecule has 110 valence electrons. The molecule has 2 heterocycles. The maximum absolute atomic E-state index is 5.56. The molecule has 2 nitrogen and oxygen atoms in total. The zero-order chi connectivity index (χ0) is 13.8. The Morgan fingerprint density at radius 2 is 2.10 bits per heavy atom. The van der Waals surface area contributed by atoms with E-state index in [1.807, 2.05) is 17.6 Å². The minimum atomic E-state index is 0.372. The second kappa shape index (κ2) is 6.77. The van der Waals surface area contributed by atoms with Crippen molar-refractivity contribution in [2.24, 2.45) is 0 Å². The normalized spacial score (nSPS) is 20.6. The third-order valence-corrected chi connectivity index (χ3v) is 5.59. The van der Waals surface area contributed by atoms with E-state index in [1.54, 1.807) is 10.4 Å².